The number of nitrogens with zero attached hydrogens (tertiary/aromatic N) is 1. The number of ether oxygens (including phenoxy) is 2. The molecule has 2 aromatic carbocycles. The molecule has 1 saturated carbocycles. The first-order valence-electron chi connectivity index (χ1n) is 9.47. The maximum atomic E-state index is 10.3. The van der Waals surface area contributed by atoms with Crippen LogP contribution in [0.5, 0.6) is 11.5 Å². The fourth-order valence-corrected chi connectivity index (χ4v) is 4.47. The van der Waals surface area contributed by atoms with Crippen LogP contribution in [-0.4, -0.2) is 36.7 Å². The lowest BCUT2D eigenvalue weighted by Crippen LogP contribution is -2.34. The molecule has 0 saturated heterocycles. The van der Waals surface area contributed by atoms with Crippen molar-refractivity contribution in [2.45, 2.75) is 44.2 Å². The first-order chi connectivity index (χ1) is 13.1. The summed E-state index contributed by atoms with van der Waals surface area (Å²) in [6.45, 7) is 2.56. The molecule has 1 N–H and O–H groups in total. The number of aliphatic hydroxyl groups is 1. The quantitative estimate of drug-likeness (QED) is 0.765. The average Bonchev–Trinajstić information content (AvgIpc) is 2.68. The zero-order valence-corrected chi connectivity index (χ0v) is 17.2. The summed E-state index contributed by atoms with van der Waals surface area (Å²) in [7, 11) is 1.66. The minimum atomic E-state index is -0.263. The van der Waals surface area contributed by atoms with E-state index < -0.39 is 0 Å². The minimum absolute atomic E-state index is 0.197. The third-order valence-corrected chi connectivity index (χ3v) is 6.02. The van der Waals surface area contributed by atoms with Crippen LogP contribution in [0.25, 0.3) is 0 Å². The number of aliphatic hydroxyl groups excluding tert-OH is 1. The van der Waals surface area contributed by atoms with Gasteiger partial charge in [-0.1, -0.05) is 28.1 Å². The Morgan fingerprint density at radius 3 is 2.63 bits per heavy atom. The largest absolute Gasteiger partial charge is 0.493 e. The molecule has 3 atom stereocenters. The molecule has 0 amide bonds. The predicted molar refractivity (Wildman–Crippen MR) is 110 cm³/mol. The molecule has 142 valence electrons. The Balaban J connectivity index is 1.88. The van der Waals surface area contributed by atoms with Crippen molar-refractivity contribution in [1.29, 1.82) is 0 Å². The third-order valence-electron chi connectivity index (χ3n) is 5.49. The van der Waals surface area contributed by atoms with Crippen LogP contribution in [0.15, 0.2) is 45.9 Å². The molecule has 0 aromatic heterocycles. The summed E-state index contributed by atoms with van der Waals surface area (Å²) in [5.74, 6) is 1.69. The van der Waals surface area contributed by atoms with E-state index in [9.17, 15) is 5.11 Å². The van der Waals surface area contributed by atoms with Crippen molar-refractivity contribution < 1.29 is 14.6 Å². The van der Waals surface area contributed by atoms with Gasteiger partial charge in [0, 0.05) is 21.5 Å². The maximum Gasteiger partial charge on any atom is 0.161 e. The average molecular weight is 430 g/mol. The molecule has 1 aliphatic heterocycles. The zero-order valence-electron chi connectivity index (χ0n) is 15.6. The molecule has 1 aliphatic carbocycles. The van der Waals surface area contributed by atoms with Crippen molar-refractivity contribution >= 4 is 21.6 Å². The van der Waals surface area contributed by atoms with Crippen LogP contribution < -0.4 is 9.47 Å². The van der Waals surface area contributed by atoms with Gasteiger partial charge in [0.1, 0.15) is 0 Å². The number of hydrogen-bond acceptors (Lipinski definition) is 4. The normalized spacial score (nSPS) is 23.9. The van der Waals surface area contributed by atoms with E-state index in [0.717, 1.165) is 52.1 Å². The van der Waals surface area contributed by atoms with Gasteiger partial charge in [-0.05, 0) is 56.0 Å². The molecule has 0 radical (unpaired) electrons. The first-order valence-corrected chi connectivity index (χ1v) is 10.3. The summed E-state index contributed by atoms with van der Waals surface area (Å²) in [6.07, 6.45) is 2.19. The highest BCUT2D eigenvalue weighted by molar-refractivity contribution is 9.10. The van der Waals surface area contributed by atoms with Gasteiger partial charge in [0.25, 0.3) is 0 Å². The van der Waals surface area contributed by atoms with Crippen LogP contribution in [0.2, 0.25) is 0 Å². The SMILES string of the molecule is CCOc1cc2c(cc1OC)C(c1ccc(Br)cc1)=NC1CCC(O)CC21. The summed E-state index contributed by atoms with van der Waals surface area (Å²) < 4.78 is 12.5. The molecule has 3 unspecified atom stereocenters. The zero-order chi connectivity index (χ0) is 19.0. The third kappa shape index (κ3) is 3.50. The molecule has 2 aromatic rings. The van der Waals surface area contributed by atoms with Crippen LogP contribution in [0.1, 0.15) is 48.8 Å². The smallest absolute Gasteiger partial charge is 0.161 e. The van der Waals surface area contributed by atoms with E-state index in [0.29, 0.717) is 6.61 Å². The second-order valence-electron chi connectivity index (χ2n) is 7.15. The molecule has 5 heteroatoms. The van der Waals surface area contributed by atoms with Crippen LogP contribution in [0.4, 0.5) is 0 Å². The Hall–Kier alpha value is -1.85. The van der Waals surface area contributed by atoms with Crippen LogP contribution in [-0.2, 0) is 0 Å². The Kier molecular flexibility index (Phi) is 5.24. The standard InChI is InChI=1S/C22H24BrNO3/c1-3-27-21-11-16-17-10-15(25)8-9-19(17)24-22(18(16)12-20(21)26-2)13-4-6-14(23)7-5-13/h4-7,11-12,15,17,19,25H,3,8-10H2,1-2H3. The van der Waals surface area contributed by atoms with E-state index in [-0.39, 0.29) is 18.1 Å². The lowest BCUT2D eigenvalue weighted by Gasteiger charge is -2.37. The van der Waals surface area contributed by atoms with E-state index in [4.69, 9.17) is 14.5 Å². The number of methoxy groups -OCH3 is 1. The molecule has 0 bridgehead atoms. The highest BCUT2D eigenvalue weighted by atomic mass is 79.9. The monoisotopic (exact) mass is 429 g/mol. The fourth-order valence-electron chi connectivity index (χ4n) is 4.21. The van der Waals surface area contributed by atoms with E-state index in [1.165, 1.54) is 5.56 Å². The van der Waals surface area contributed by atoms with Gasteiger partial charge in [-0.2, -0.15) is 0 Å². The molecule has 4 nitrogen and oxygen atoms in total. The maximum absolute atomic E-state index is 10.3. The van der Waals surface area contributed by atoms with Gasteiger partial charge in [-0.3, -0.25) is 4.99 Å². The Morgan fingerprint density at radius 2 is 1.93 bits per heavy atom. The van der Waals surface area contributed by atoms with Crippen molar-refractivity contribution in [1.82, 2.24) is 0 Å². The first kappa shape index (κ1) is 18.5. The van der Waals surface area contributed by atoms with Crippen LogP contribution >= 0.6 is 15.9 Å². The molecule has 1 fully saturated rings. The highest BCUT2D eigenvalue weighted by Gasteiger charge is 2.37. The van der Waals surface area contributed by atoms with Crippen molar-refractivity contribution in [3.05, 3.63) is 57.6 Å². The topological polar surface area (TPSA) is 51.0 Å². The van der Waals surface area contributed by atoms with Crippen molar-refractivity contribution in [3.8, 4) is 11.5 Å². The molecule has 4 rings (SSSR count). The van der Waals surface area contributed by atoms with E-state index in [1.54, 1.807) is 7.11 Å². The van der Waals surface area contributed by atoms with Crippen LogP contribution in [0, 0.1) is 0 Å². The minimum Gasteiger partial charge on any atom is -0.493 e. The number of rotatable bonds is 4. The molecule has 1 heterocycles. The lowest BCUT2D eigenvalue weighted by molar-refractivity contribution is 0.111. The number of aliphatic imine (C=N–C) groups is 1. The second-order valence-corrected chi connectivity index (χ2v) is 8.06. The van der Waals surface area contributed by atoms with Gasteiger partial charge in [0.15, 0.2) is 11.5 Å². The summed E-state index contributed by atoms with van der Waals surface area (Å²) in [6, 6.07) is 12.6. The number of benzene rings is 2. The lowest BCUT2D eigenvalue weighted by atomic mass is 9.74. The Bertz CT molecular complexity index is 863. The second kappa shape index (κ2) is 7.64. The van der Waals surface area contributed by atoms with Gasteiger partial charge in [-0.25, -0.2) is 0 Å². The van der Waals surface area contributed by atoms with E-state index in [2.05, 4.69) is 34.1 Å². The number of hydrogen-bond donors (Lipinski definition) is 1. The Labute approximate surface area is 168 Å². The number of fused-ring (bicyclic) bond motifs is 3. The molecule has 0 spiro atoms. The summed E-state index contributed by atoms with van der Waals surface area (Å²) in [5, 5.41) is 10.3. The number of halogens is 1. The van der Waals surface area contributed by atoms with E-state index >= 15 is 0 Å². The van der Waals surface area contributed by atoms with Crippen molar-refractivity contribution in [2.75, 3.05) is 13.7 Å². The summed E-state index contributed by atoms with van der Waals surface area (Å²) in [5.41, 5.74) is 4.37. The molecular weight excluding hydrogens is 406 g/mol. The molecule has 27 heavy (non-hydrogen) atoms. The Morgan fingerprint density at radius 1 is 1.15 bits per heavy atom. The predicted octanol–water partition coefficient (Wildman–Crippen LogP) is 4.70. The summed E-state index contributed by atoms with van der Waals surface area (Å²) >= 11 is 3.51. The van der Waals surface area contributed by atoms with Gasteiger partial charge >= 0.3 is 0 Å². The van der Waals surface area contributed by atoms with Crippen molar-refractivity contribution in [3.63, 3.8) is 0 Å². The molecule has 2 aliphatic rings. The summed E-state index contributed by atoms with van der Waals surface area (Å²) in [4.78, 5) is 5.12. The van der Waals surface area contributed by atoms with Gasteiger partial charge < -0.3 is 14.6 Å². The molecular formula is C22H24BrNO3. The highest BCUT2D eigenvalue weighted by Crippen LogP contribution is 2.45. The van der Waals surface area contributed by atoms with Gasteiger partial charge in [0.05, 0.1) is 31.6 Å². The van der Waals surface area contributed by atoms with E-state index in [1.807, 2.05) is 25.1 Å². The van der Waals surface area contributed by atoms with Crippen LogP contribution in [0.3, 0.4) is 0 Å². The van der Waals surface area contributed by atoms with Gasteiger partial charge in [-0.15, -0.1) is 0 Å². The van der Waals surface area contributed by atoms with Crippen molar-refractivity contribution in [2.24, 2.45) is 4.99 Å². The van der Waals surface area contributed by atoms with Gasteiger partial charge in [0.2, 0.25) is 0 Å². The fraction of sp³-hybridized carbons (Fsp3) is 0.409.